The summed E-state index contributed by atoms with van der Waals surface area (Å²) in [6.45, 7) is 0.254. The molecule has 146 valence electrons. The molecular formula is C20H19F2N3O3. The second kappa shape index (κ2) is 8.60. The van der Waals surface area contributed by atoms with E-state index in [9.17, 15) is 23.2 Å². The summed E-state index contributed by atoms with van der Waals surface area (Å²) in [7, 11) is 0. The number of anilines is 1. The van der Waals surface area contributed by atoms with Crippen LogP contribution in [0.4, 0.5) is 14.5 Å². The first kappa shape index (κ1) is 19.5. The number of aromatic amines is 1. The Hall–Kier alpha value is -3.29. The van der Waals surface area contributed by atoms with Gasteiger partial charge < -0.3 is 10.3 Å². The number of rotatable bonds is 7. The van der Waals surface area contributed by atoms with E-state index in [0.29, 0.717) is 30.2 Å². The molecule has 3 aromatic rings. The second-order valence-electron chi connectivity index (χ2n) is 6.42. The predicted molar refractivity (Wildman–Crippen MR) is 102 cm³/mol. The number of amides is 1. The van der Waals surface area contributed by atoms with Crippen molar-refractivity contribution in [3.63, 3.8) is 0 Å². The molecule has 28 heavy (non-hydrogen) atoms. The number of aromatic nitrogens is 2. The van der Waals surface area contributed by atoms with Gasteiger partial charge in [0.05, 0.1) is 10.9 Å². The lowest BCUT2D eigenvalue weighted by Gasteiger charge is -2.07. The summed E-state index contributed by atoms with van der Waals surface area (Å²) >= 11 is 0. The van der Waals surface area contributed by atoms with Crippen LogP contribution in [0.15, 0.2) is 52.1 Å². The van der Waals surface area contributed by atoms with Crippen molar-refractivity contribution in [2.45, 2.75) is 32.2 Å². The molecule has 0 saturated carbocycles. The van der Waals surface area contributed by atoms with Gasteiger partial charge in [-0.3, -0.25) is 14.2 Å². The molecule has 0 radical (unpaired) electrons. The van der Waals surface area contributed by atoms with Crippen LogP contribution in [0.25, 0.3) is 10.9 Å². The number of para-hydroxylation sites is 1. The van der Waals surface area contributed by atoms with Gasteiger partial charge in [0.2, 0.25) is 5.91 Å². The third kappa shape index (κ3) is 4.51. The molecular weight excluding hydrogens is 368 g/mol. The lowest BCUT2D eigenvalue weighted by Crippen LogP contribution is -2.35. The van der Waals surface area contributed by atoms with Crippen LogP contribution in [-0.2, 0) is 11.3 Å². The number of unbranched alkanes of at least 4 members (excludes halogenated alkanes) is 2. The Balaban J connectivity index is 1.49. The summed E-state index contributed by atoms with van der Waals surface area (Å²) in [6.07, 6.45) is 1.92. The molecule has 2 N–H and O–H groups in total. The van der Waals surface area contributed by atoms with Crippen molar-refractivity contribution in [3.8, 4) is 0 Å². The molecule has 0 atom stereocenters. The van der Waals surface area contributed by atoms with Crippen LogP contribution in [0.2, 0.25) is 0 Å². The van der Waals surface area contributed by atoms with Gasteiger partial charge in [0, 0.05) is 24.7 Å². The molecule has 8 heteroatoms. The normalized spacial score (nSPS) is 10.9. The monoisotopic (exact) mass is 387 g/mol. The van der Waals surface area contributed by atoms with Crippen LogP contribution in [0.1, 0.15) is 25.7 Å². The van der Waals surface area contributed by atoms with Crippen molar-refractivity contribution in [2.75, 3.05) is 5.32 Å². The van der Waals surface area contributed by atoms with E-state index >= 15 is 0 Å². The number of hydrogen-bond acceptors (Lipinski definition) is 3. The number of hydrogen-bond donors (Lipinski definition) is 2. The standard InChI is InChI=1S/C20H19F2N3O3/c21-15-10-9-13(12-16(15)22)23-18(26)8-2-1-5-11-25-19(27)14-6-3-4-7-17(14)24-20(25)28/h3-4,6-7,9-10,12H,1-2,5,8,11H2,(H,23,26)(H,24,28). The van der Waals surface area contributed by atoms with E-state index in [1.165, 1.54) is 6.07 Å². The van der Waals surface area contributed by atoms with Crippen LogP contribution in [0, 0.1) is 11.6 Å². The lowest BCUT2D eigenvalue weighted by atomic mass is 10.1. The molecule has 0 bridgehead atoms. The van der Waals surface area contributed by atoms with Gasteiger partial charge in [-0.15, -0.1) is 0 Å². The number of benzene rings is 2. The smallest absolute Gasteiger partial charge is 0.326 e. The molecule has 0 aliphatic carbocycles. The van der Waals surface area contributed by atoms with E-state index in [1.54, 1.807) is 24.3 Å². The highest BCUT2D eigenvalue weighted by molar-refractivity contribution is 5.90. The van der Waals surface area contributed by atoms with Gasteiger partial charge in [-0.05, 0) is 37.1 Å². The fourth-order valence-electron chi connectivity index (χ4n) is 2.93. The summed E-state index contributed by atoms with van der Waals surface area (Å²) in [5, 5.41) is 2.95. The highest BCUT2D eigenvalue weighted by atomic mass is 19.2. The molecule has 1 amide bonds. The fourth-order valence-corrected chi connectivity index (χ4v) is 2.93. The minimum Gasteiger partial charge on any atom is -0.326 e. The summed E-state index contributed by atoms with van der Waals surface area (Å²) in [6, 6.07) is 9.97. The molecule has 0 fully saturated rings. The average Bonchev–Trinajstić information content (AvgIpc) is 2.67. The van der Waals surface area contributed by atoms with Crippen molar-refractivity contribution in [2.24, 2.45) is 0 Å². The average molecular weight is 387 g/mol. The predicted octanol–water partition coefficient (Wildman–Crippen LogP) is 3.17. The maximum Gasteiger partial charge on any atom is 0.328 e. The van der Waals surface area contributed by atoms with E-state index in [-0.39, 0.29) is 30.1 Å². The number of nitrogens with zero attached hydrogens (tertiary/aromatic N) is 1. The Labute approximate surface area is 158 Å². The van der Waals surface area contributed by atoms with Gasteiger partial charge in [0.25, 0.3) is 5.56 Å². The molecule has 0 spiro atoms. The van der Waals surface area contributed by atoms with Gasteiger partial charge in [0.1, 0.15) is 0 Å². The lowest BCUT2D eigenvalue weighted by molar-refractivity contribution is -0.116. The highest BCUT2D eigenvalue weighted by Gasteiger charge is 2.08. The zero-order valence-electron chi connectivity index (χ0n) is 15.0. The second-order valence-corrected chi connectivity index (χ2v) is 6.42. The summed E-state index contributed by atoms with van der Waals surface area (Å²) in [5.41, 5.74) is -0.101. The molecule has 0 aliphatic heterocycles. The van der Waals surface area contributed by atoms with Crippen LogP contribution in [0.3, 0.4) is 0 Å². The molecule has 1 aromatic heterocycles. The zero-order valence-corrected chi connectivity index (χ0v) is 15.0. The van der Waals surface area contributed by atoms with E-state index in [4.69, 9.17) is 0 Å². The fraction of sp³-hybridized carbons (Fsp3) is 0.250. The third-order valence-electron chi connectivity index (χ3n) is 4.38. The van der Waals surface area contributed by atoms with Crippen molar-refractivity contribution < 1.29 is 13.6 Å². The molecule has 0 saturated heterocycles. The van der Waals surface area contributed by atoms with Crippen LogP contribution in [0.5, 0.6) is 0 Å². The quantitative estimate of drug-likeness (QED) is 0.611. The first-order valence-corrected chi connectivity index (χ1v) is 8.92. The number of nitrogens with one attached hydrogen (secondary N) is 2. The van der Waals surface area contributed by atoms with Crippen molar-refractivity contribution in [1.82, 2.24) is 9.55 Å². The van der Waals surface area contributed by atoms with Crippen molar-refractivity contribution in [1.29, 1.82) is 0 Å². The van der Waals surface area contributed by atoms with Crippen molar-refractivity contribution >= 4 is 22.5 Å². The van der Waals surface area contributed by atoms with Gasteiger partial charge >= 0.3 is 5.69 Å². The highest BCUT2D eigenvalue weighted by Crippen LogP contribution is 2.14. The molecule has 0 unspecified atom stereocenters. The molecule has 0 aliphatic rings. The Kier molecular flexibility index (Phi) is 5.98. The van der Waals surface area contributed by atoms with Gasteiger partial charge in [-0.25, -0.2) is 13.6 Å². The Morgan fingerprint density at radius 1 is 1.00 bits per heavy atom. The Morgan fingerprint density at radius 2 is 1.79 bits per heavy atom. The third-order valence-corrected chi connectivity index (χ3v) is 4.38. The SMILES string of the molecule is O=C(CCCCCn1c(=O)[nH]c2ccccc2c1=O)Nc1ccc(F)c(F)c1. The minimum atomic E-state index is -1.02. The molecule has 6 nitrogen and oxygen atoms in total. The first-order chi connectivity index (χ1) is 13.5. The van der Waals surface area contributed by atoms with Gasteiger partial charge in [-0.1, -0.05) is 18.6 Å². The van der Waals surface area contributed by atoms with E-state index < -0.39 is 17.3 Å². The zero-order chi connectivity index (χ0) is 20.1. The number of halogens is 2. The summed E-state index contributed by atoms with van der Waals surface area (Å²) in [4.78, 5) is 39.0. The van der Waals surface area contributed by atoms with Crippen LogP contribution in [-0.4, -0.2) is 15.5 Å². The van der Waals surface area contributed by atoms with Crippen molar-refractivity contribution in [3.05, 3.63) is 74.9 Å². The number of carbonyl (C=O) groups is 1. The van der Waals surface area contributed by atoms with Gasteiger partial charge in [-0.2, -0.15) is 0 Å². The summed E-state index contributed by atoms with van der Waals surface area (Å²) in [5.74, 6) is -2.31. The number of carbonyl (C=O) groups excluding carboxylic acids is 1. The van der Waals surface area contributed by atoms with Crippen LogP contribution < -0.4 is 16.6 Å². The molecule has 3 rings (SSSR count). The Bertz CT molecular complexity index is 1120. The topological polar surface area (TPSA) is 84.0 Å². The van der Waals surface area contributed by atoms with E-state index in [2.05, 4.69) is 10.3 Å². The number of H-pyrrole nitrogens is 1. The Morgan fingerprint density at radius 3 is 2.57 bits per heavy atom. The van der Waals surface area contributed by atoms with E-state index in [1.807, 2.05) is 0 Å². The maximum absolute atomic E-state index is 13.1. The molecule has 1 heterocycles. The number of fused-ring (bicyclic) bond motifs is 1. The van der Waals surface area contributed by atoms with Gasteiger partial charge in [0.15, 0.2) is 11.6 Å². The molecule has 2 aromatic carbocycles. The largest absolute Gasteiger partial charge is 0.328 e. The minimum absolute atomic E-state index is 0.193. The summed E-state index contributed by atoms with van der Waals surface area (Å²) < 4.78 is 27.2. The van der Waals surface area contributed by atoms with Crippen LogP contribution >= 0.6 is 0 Å². The first-order valence-electron chi connectivity index (χ1n) is 8.92. The maximum atomic E-state index is 13.1. The van der Waals surface area contributed by atoms with E-state index in [0.717, 1.165) is 16.7 Å².